The van der Waals surface area contributed by atoms with Crippen LogP contribution in [0.15, 0.2) is 42.5 Å². The molecule has 2 aromatic carbocycles. The molecular weight excluding hydrogens is 400 g/mol. The number of amides is 1. The van der Waals surface area contributed by atoms with E-state index in [1.807, 2.05) is 44.1 Å². The number of rotatable bonds is 6. The molecule has 0 aliphatic carbocycles. The molecule has 0 N–H and O–H groups in total. The van der Waals surface area contributed by atoms with Gasteiger partial charge in [0.15, 0.2) is 5.13 Å². The number of para-hydroxylation sites is 1. The lowest BCUT2D eigenvalue weighted by Crippen LogP contribution is -2.36. The van der Waals surface area contributed by atoms with Crippen molar-refractivity contribution in [2.75, 3.05) is 32.1 Å². The molecule has 3 aromatic rings. The molecule has 0 aliphatic heterocycles. The van der Waals surface area contributed by atoms with E-state index >= 15 is 0 Å². The number of non-ortho nitro benzene ring substituents is 1. The summed E-state index contributed by atoms with van der Waals surface area (Å²) >= 11 is 1.45. The highest BCUT2D eigenvalue weighted by Crippen LogP contribution is 2.31. The number of hydrogen-bond acceptors (Lipinski definition) is 6. The maximum atomic E-state index is 13.1. The largest absolute Gasteiger partial charge is 0.308 e. The van der Waals surface area contributed by atoms with E-state index < -0.39 is 4.92 Å². The normalized spacial score (nSPS) is 10.7. The van der Waals surface area contributed by atoms with Crippen molar-refractivity contribution >= 4 is 50.7 Å². The number of likely N-dealkylation sites (N-methyl/N-ethyl adjacent to an activating group) is 1. The van der Waals surface area contributed by atoms with Crippen molar-refractivity contribution in [2.45, 2.75) is 6.92 Å². The van der Waals surface area contributed by atoms with Gasteiger partial charge in [-0.3, -0.25) is 19.8 Å². The van der Waals surface area contributed by atoms with E-state index in [1.165, 1.54) is 29.5 Å². The van der Waals surface area contributed by atoms with Gasteiger partial charge in [0.05, 0.1) is 15.1 Å². The molecule has 0 bridgehead atoms. The number of carbonyl (C=O) groups is 1. The Labute approximate surface area is 173 Å². The van der Waals surface area contributed by atoms with Crippen LogP contribution in [0.3, 0.4) is 0 Å². The number of nitrogens with zero attached hydrogens (tertiary/aromatic N) is 4. The standard InChI is InChI=1S/C19H20N4O3S.ClH/c1-13-6-4-9-16-17(13)20-19(27-16)22(11-10-21(2)3)18(24)14-7-5-8-15(12-14)23(25)26;/h4-9,12H,10-11H2,1-3H3;1H. The Bertz CT molecular complexity index is 1010. The summed E-state index contributed by atoms with van der Waals surface area (Å²) in [5, 5.41) is 11.6. The van der Waals surface area contributed by atoms with Crippen molar-refractivity contribution in [1.29, 1.82) is 0 Å². The van der Waals surface area contributed by atoms with Crippen LogP contribution >= 0.6 is 23.7 Å². The van der Waals surface area contributed by atoms with Crippen LogP contribution in [0.1, 0.15) is 15.9 Å². The minimum atomic E-state index is -0.498. The number of fused-ring (bicyclic) bond motifs is 1. The summed E-state index contributed by atoms with van der Waals surface area (Å²) in [6, 6.07) is 11.7. The van der Waals surface area contributed by atoms with Crippen molar-refractivity contribution < 1.29 is 9.72 Å². The number of aromatic nitrogens is 1. The SMILES string of the molecule is Cc1cccc2sc(N(CCN(C)C)C(=O)c3cccc([N+](=O)[O-])c3)nc12.Cl. The van der Waals surface area contributed by atoms with Crippen molar-refractivity contribution in [3.05, 3.63) is 63.7 Å². The average molecular weight is 421 g/mol. The van der Waals surface area contributed by atoms with Gasteiger partial charge in [0, 0.05) is 30.8 Å². The van der Waals surface area contributed by atoms with E-state index in [-0.39, 0.29) is 29.6 Å². The predicted octanol–water partition coefficient (Wildman–Crippen LogP) is 4.14. The van der Waals surface area contributed by atoms with Gasteiger partial charge in [0.2, 0.25) is 0 Å². The van der Waals surface area contributed by atoms with Crippen LogP contribution in [0.4, 0.5) is 10.8 Å². The molecule has 0 aliphatic rings. The van der Waals surface area contributed by atoms with Crippen LogP contribution in [-0.2, 0) is 0 Å². The monoisotopic (exact) mass is 420 g/mol. The third kappa shape index (κ3) is 4.64. The first-order chi connectivity index (χ1) is 12.9. The van der Waals surface area contributed by atoms with E-state index in [0.717, 1.165) is 15.8 Å². The third-order valence-corrected chi connectivity index (χ3v) is 5.20. The number of hydrogen-bond donors (Lipinski definition) is 0. The number of carbonyl (C=O) groups excluding carboxylic acids is 1. The second kappa shape index (κ2) is 9.09. The molecule has 148 valence electrons. The Balaban J connectivity index is 0.00000280. The van der Waals surface area contributed by atoms with Gasteiger partial charge in [-0.1, -0.05) is 29.5 Å². The zero-order chi connectivity index (χ0) is 19.6. The molecule has 0 saturated heterocycles. The molecule has 0 fully saturated rings. The molecule has 0 unspecified atom stereocenters. The molecule has 3 rings (SSSR count). The first-order valence-electron chi connectivity index (χ1n) is 8.44. The zero-order valence-corrected chi connectivity index (χ0v) is 17.4. The highest BCUT2D eigenvalue weighted by Gasteiger charge is 2.23. The van der Waals surface area contributed by atoms with Gasteiger partial charge in [-0.15, -0.1) is 12.4 Å². The Kier molecular flexibility index (Phi) is 7.06. The fourth-order valence-corrected chi connectivity index (χ4v) is 3.75. The fraction of sp³-hybridized carbons (Fsp3) is 0.263. The second-order valence-electron chi connectivity index (χ2n) is 6.49. The van der Waals surface area contributed by atoms with Crippen molar-refractivity contribution in [2.24, 2.45) is 0 Å². The molecule has 1 aromatic heterocycles. The Hall–Kier alpha value is -2.55. The van der Waals surface area contributed by atoms with Crippen LogP contribution < -0.4 is 4.90 Å². The fourth-order valence-electron chi connectivity index (χ4n) is 2.68. The number of anilines is 1. The number of benzene rings is 2. The topological polar surface area (TPSA) is 79.6 Å². The second-order valence-corrected chi connectivity index (χ2v) is 7.49. The van der Waals surface area contributed by atoms with Crippen molar-refractivity contribution in [1.82, 2.24) is 9.88 Å². The number of halogens is 1. The quantitative estimate of drug-likeness (QED) is 0.442. The van der Waals surface area contributed by atoms with Crippen LogP contribution in [0.25, 0.3) is 10.2 Å². The van der Waals surface area contributed by atoms with E-state index in [2.05, 4.69) is 4.98 Å². The summed E-state index contributed by atoms with van der Waals surface area (Å²) in [7, 11) is 3.86. The van der Waals surface area contributed by atoms with Crippen LogP contribution in [0, 0.1) is 17.0 Å². The highest BCUT2D eigenvalue weighted by atomic mass is 35.5. The van der Waals surface area contributed by atoms with E-state index in [9.17, 15) is 14.9 Å². The highest BCUT2D eigenvalue weighted by molar-refractivity contribution is 7.22. The summed E-state index contributed by atoms with van der Waals surface area (Å²) in [6.45, 7) is 3.07. The van der Waals surface area contributed by atoms with Crippen LogP contribution in [0.5, 0.6) is 0 Å². The molecular formula is C19H21ClN4O3S. The van der Waals surface area contributed by atoms with Crippen molar-refractivity contribution in [3.8, 4) is 0 Å². The van der Waals surface area contributed by atoms with Gasteiger partial charge in [0.1, 0.15) is 0 Å². The van der Waals surface area contributed by atoms with Crippen molar-refractivity contribution in [3.63, 3.8) is 0 Å². The maximum absolute atomic E-state index is 13.1. The minimum absolute atomic E-state index is 0. The molecule has 0 saturated carbocycles. The average Bonchev–Trinajstić information content (AvgIpc) is 3.07. The molecule has 9 heteroatoms. The van der Waals surface area contributed by atoms with Crippen LogP contribution in [-0.4, -0.2) is 47.9 Å². The summed E-state index contributed by atoms with van der Waals surface area (Å²) < 4.78 is 1.01. The molecule has 28 heavy (non-hydrogen) atoms. The summed E-state index contributed by atoms with van der Waals surface area (Å²) in [4.78, 5) is 31.9. The Morgan fingerprint density at radius 3 is 2.54 bits per heavy atom. The number of thiazole rings is 1. The first-order valence-corrected chi connectivity index (χ1v) is 9.25. The third-order valence-electron chi connectivity index (χ3n) is 4.16. The van der Waals surface area contributed by atoms with E-state index in [1.54, 1.807) is 11.0 Å². The van der Waals surface area contributed by atoms with E-state index in [0.29, 0.717) is 18.2 Å². The number of nitro groups is 1. The molecule has 1 amide bonds. The van der Waals surface area contributed by atoms with Gasteiger partial charge >= 0.3 is 0 Å². The lowest BCUT2D eigenvalue weighted by molar-refractivity contribution is -0.384. The van der Waals surface area contributed by atoms with Crippen LogP contribution in [0.2, 0.25) is 0 Å². The van der Waals surface area contributed by atoms with E-state index in [4.69, 9.17) is 0 Å². The lowest BCUT2D eigenvalue weighted by Gasteiger charge is -2.22. The zero-order valence-electron chi connectivity index (χ0n) is 15.8. The molecule has 0 radical (unpaired) electrons. The molecule has 7 nitrogen and oxygen atoms in total. The maximum Gasteiger partial charge on any atom is 0.270 e. The van der Waals surface area contributed by atoms with Gasteiger partial charge < -0.3 is 4.90 Å². The Morgan fingerprint density at radius 1 is 1.18 bits per heavy atom. The first kappa shape index (κ1) is 21.7. The summed E-state index contributed by atoms with van der Waals surface area (Å²) in [5.74, 6) is -0.294. The minimum Gasteiger partial charge on any atom is -0.308 e. The number of nitro benzene ring substituents is 1. The van der Waals surface area contributed by atoms with Gasteiger partial charge in [-0.25, -0.2) is 4.98 Å². The Morgan fingerprint density at radius 2 is 1.89 bits per heavy atom. The lowest BCUT2D eigenvalue weighted by atomic mass is 10.2. The molecule has 0 spiro atoms. The molecule has 1 heterocycles. The van der Waals surface area contributed by atoms with Gasteiger partial charge in [-0.05, 0) is 38.7 Å². The summed E-state index contributed by atoms with van der Waals surface area (Å²) in [5.41, 5.74) is 2.09. The molecule has 0 atom stereocenters. The smallest absolute Gasteiger partial charge is 0.270 e. The van der Waals surface area contributed by atoms with Gasteiger partial charge in [0.25, 0.3) is 11.6 Å². The number of aryl methyl sites for hydroxylation is 1. The predicted molar refractivity (Wildman–Crippen MR) is 115 cm³/mol. The van der Waals surface area contributed by atoms with Gasteiger partial charge in [-0.2, -0.15) is 0 Å². The summed E-state index contributed by atoms with van der Waals surface area (Å²) in [6.07, 6.45) is 0.